The van der Waals surface area contributed by atoms with Crippen molar-refractivity contribution in [3.05, 3.63) is 59.7 Å². The average Bonchev–Trinajstić information content (AvgIpc) is 2.46. The van der Waals surface area contributed by atoms with Gasteiger partial charge in [-0.1, -0.05) is 0 Å². The number of nitrogens with zero attached hydrogens (tertiary/aromatic N) is 1. The third-order valence-corrected chi connectivity index (χ3v) is 3.13. The van der Waals surface area contributed by atoms with E-state index in [4.69, 9.17) is 5.73 Å². The number of amides is 2. The molecule has 0 spiro atoms. The van der Waals surface area contributed by atoms with Crippen molar-refractivity contribution in [3.8, 4) is 0 Å². The van der Waals surface area contributed by atoms with Crippen molar-refractivity contribution in [2.24, 2.45) is 5.73 Å². The summed E-state index contributed by atoms with van der Waals surface area (Å²) in [4.78, 5) is 12.4. The van der Waals surface area contributed by atoms with Crippen LogP contribution in [0.3, 0.4) is 0 Å². The Hall–Kier alpha value is -2.71. The van der Waals surface area contributed by atoms with Gasteiger partial charge >= 0.3 is 18.4 Å². The number of anilines is 2. The maximum atomic E-state index is 12.5. The summed E-state index contributed by atoms with van der Waals surface area (Å²) in [6.45, 7) is 0. The zero-order chi connectivity index (χ0) is 18.1. The molecule has 9 heteroatoms. The lowest BCUT2D eigenvalue weighted by Crippen LogP contribution is -2.31. The van der Waals surface area contributed by atoms with Crippen molar-refractivity contribution in [3.63, 3.8) is 0 Å². The molecular formula is C15H10F6N2O. The van der Waals surface area contributed by atoms with Crippen LogP contribution in [0.1, 0.15) is 11.1 Å². The maximum Gasteiger partial charge on any atom is 0.416 e. The highest BCUT2D eigenvalue weighted by Crippen LogP contribution is 2.34. The molecule has 2 aromatic rings. The van der Waals surface area contributed by atoms with Crippen molar-refractivity contribution >= 4 is 17.4 Å². The fraction of sp³-hybridized carbons (Fsp3) is 0.133. The molecule has 2 rings (SSSR count). The average molecular weight is 348 g/mol. The van der Waals surface area contributed by atoms with Crippen LogP contribution in [-0.2, 0) is 12.4 Å². The molecule has 0 atom stereocenters. The van der Waals surface area contributed by atoms with Crippen molar-refractivity contribution in [1.82, 2.24) is 0 Å². The summed E-state index contributed by atoms with van der Waals surface area (Å²) in [6.07, 6.45) is -9.10. The van der Waals surface area contributed by atoms with Gasteiger partial charge in [-0.25, -0.2) is 4.79 Å². The van der Waals surface area contributed by atoms with Gasteiger partial charge in [0.05, 0.1) is 22.5 Å². The van der Waals surface area contributed by atoms with Gasteiger partial charge in [-0.3, -0.25) is 4.90 Å². The zero-order valence-corrected chi connectivity index (χ0v) is 11.8. The van der Waals surface area contributed by atoms with Crippen molar-refractivity contribution in [2.45, 2.75) is 12.4 Å². The van der Waals surface area contributed by atoms with Gasteiger partial charge in [0.25, 0.3) is 0 Å². The number of alkyl halides is 6. The van der Waals surface area contributed by atoms with Gasteiger partial charge in [0.15, 0.2) is 0 Å². The molecule has 0 bridgehead atoms. The summed E-state index contributed by atoms with van der Waals surface area (Å²) in [6, 6.07) is 5.96. The lowest BCUT2D eigenvalue weighted by atomic mass is 10.1. The van der Waals surface area contributed by atoms with Gasteiger partial charge < -0.3 is 5.73 Å². The van der Waals surface area contributed by atoms with E-state index in [9.17, 15) is 31.1 Å². The summed E-state index contributed by atoms with van der Waals surface area (Å²) >= 11 is 0. The Balaban J connectivity index is 2.38. The van der Waals surface area contributed by atoms with Gasteiger partial charge in [0, 0.05) is 0 Å². The predicted octanol–water partition coefficient (Wildman–Crippen LogP) is 4.94. The lowest BCUT2D eigenvalue weighted by molar-refractivity contribution is -0.138. The van der Waals surface area contributed by atoms with E-state index >= 15 is 0 Å². The summed E-state index contributed by atoms with van der Waals surface area (Å²) in [5.74, 6) is 0. The number of hydrogen-bond acceptors (Lipinski definition) is 1. The van der Waals surface area contributed by atoms with Crippen LogP contribution in [0.2, 0.25) is 0 Å². The number of urea groups is 1. The molecular weight excluding hydrogens is 338 g/mol. The fourth-order valence-electron chi connectivity index (χ4n) is 2.00. The normalized spacial score (nSPS) is 12.1. The topological polar surface area (TPSA) is 46.3 Å². The summed E-state index contributed by atoms with van der Waals surface area (Å²) in [7, 11) is 0. The molecule has 3 nitrogen and oxygen atoms in total. The van der Waals surface area contributed by atoms with E-state index in [1.165, 1.54) is 0 Å². The highest BCUT2D eigenvalue weighted by atomic mass is 19.4. The first-order valence-corrected chi connectivity index (χ1v) is 6.44. The molecule has 0 heterocycles. The van der Waals surface area contributed by atoms with E-state index in [2.05, 4.69) is 0 Å². The second-order valence-corrected chi connectivity index (χ2v) is 4.76. The maximum absolute atomic E-state index is 12.5. The van der Waals surface area contributed by atoms with Gasteiger partial charge in [-0.2, -0.15) is 26.3 Å². The monoisotopic (exact) mass is 348 g/mol. The van der Waals surface area contributed by atoms with E-state index in [1.807, 2.05) is 0 Å². The number of hydrogen-bond donors (Lipinski definition) is 1. The molecule has 0 saturated heterocycles. The van der Waals surface area contributed by atoms with E-state index < -0.39 is 29.5 Å². The number of carbonyl (C=O) groups is 1. The van der Waals surface area contributed by atoms with Crippen LogP contribution >= 0.6 is 0 Å². The zero-order valence-electron chi connectivity index (χ0n) is 11.8. The van der Waals surface area contributed by atoms with Crippen LogP contribution in [-0.4, -0.2) is 6.03 Å². The third-order valence-electron chi connectivity index (χ3n) is 3.13. The highest BCUT2D eigenvalue weighted by molar-refractivity contribution is 5.98. The van der Waals surface area contributed by atoms with E-state index in [1.54, 1.807) is 0 Å². The Kier molecular flexibility index (Phi) is 4.46. The van der Waals surface area contributed by atoms with Gasteiger partial charge in [-0.05, 0) is 48.5 Å². The van der Waals surface area contributed by atoms with Crippen molar-refractivity contribution in [2.75, 3.05) is 4.90 Å². The SMILES string of the molecule is NC(=O)N(c1ccc(C(F)(F)F)cc1)c1ccc(C(F)(F)F)cc1. The molecule has 0 aliphatic carbocycles. The largest absolute Gasteiger partial charge is 0.416 e. The molecule has 0 aliphatic heterocycles. The van der Waals surface area contributed by atoms with E-state index in [-0.39, 0.29) is 11.4 Å². The first-order chi connectivity index (χ1) is 11.0. The standard InChI is InChI=1S/C15H10F6N2O/c16-14(17,18)9-1-5-11(6-2-9)23(13(22)24)12-7-3-10(4-8-12)15(19,20)21/h1-8H,(H2,22,24). The Morgan fingerprint density at radius 3 is 1.21 bits per heavy atom. The minimum atomic E-state index is -4.55. The van der Waals surface area contributed by atoms with Crippen LogP contribution < -0.4 is 10.6 Å². The Bertz CT molecular complexity index is 662. The molecule has 0 radical (unpaired) electrons. The fourth-order valence-corrected chi connectivity index (χ4v) is 2.00. The Morgan fingerprint density at radius 1 is 0.708 bits per heavy atom. The van der Waals surface area contributed by atoms with E-state index in [0.717, 1.165) is 53.4 Å². The van der Waals surface area contributed by atoms with Crippen LogP contribution in [0.15, 0.2) is 48.5 Å². The van der Waals surface area contributed by atoms with Gasteiger partial charge in [-0.15, -0.1) is 0 Å². The van der Waals surface area contributed by atoms with Gasteiger partial charge in [0.1, 0.15) is 0 Å². The summed E-state index contributed by atoms with van der Waals surface area (Å²) in [5, 5.41) is 0. The lowest BCUT2D eigenvalue weighted by Gasteiger charge is -2.21. The minimum absolute atomic E-state index is 0.00439. The smallest absolute Gasteiger partial charge is 0.351 e. The third kappa shape index (κ3) is 3.79. The molecule has 0 aromatic heterocycles. The number of carbonyl (C=O) groups excluding carboxylic acids is 1. The molecule has 0 fully saturated rings. The van der Waals surface area contributed by atoms with Crippen LogP contribution in [0, 0.1) is 0 Å². The molecule has 128 valence electrons. The molecule has 2 amide bonds. The number of halogens is 6. The van der Waals surface area contributed by atoms with Crippen LogP contribution in [0.25, 0.3) is 0 Å². The number of benzene rings is 2. The number of primary amides is 1. The minimum Gasteiger partial charge on any atom is -0.351 e. The predicted molar refractivity (Wildman–Crippen MR) is 74.6 cm³/mol. The highest BCUT2D eigenvalue weighted by Gasteiger charge is 2.31. The first-order valence-electron chi connectivity index (χ1n) is 6.44. The molecule has 2 N–H and O–H groups in total. The molecule has 2 aromatic carbocycles. The second-order valence-electron chi connectivity index (χ2n) is 4.76. The summed E-state index contributed by atoms with van der Waals surface area (Å²) in [5.41, 5.74) is 3.33. The first kappa shape index (κ1) is 17.6. The molecule has 0 unspecified atom stereocenters. The molecule has 0 saturated carbocycles. The van der Waals surface area contributed by atoms with Crippen LogP contribution in [0.5, 0.6) is 0 Å². The Labute approximate surface area is 132 Å². The van der Waals surface area contributed by atoms with Crippen molar-refractivity contribution < 1.29 is 31.1 Å². The number of nitrogens with two attached hydrogens (primary N) is 1. The molecule has 24 heavy (non-hydrogen) atoms. The molecule has 0 aliphatic rings. The number of rotatable bonds is 2. The van der Waals surface area contributed by atoms with Crippen LogP contribution in [0.4, 0.5) is 42.5 Å². The summed E-state index contributed by atoms with van der Waals surface area (Å²) < 4.78 is 75.3. The van der Waals surface area contributed by atoms with Crippen molar-refractivity contribution in [1.29, 1.82) is 0 Å². The second kappa shape index (κ2) is 6.06. The quantitative estimate of drug-likeness (QED) is 0.768. The Morgan fingerprint density at radius 2 is 1.00 bits per heavy atom. The van der Waals surface area contributed by atoms with Gasteiger partial charge in [0.2, 0.25) is 0 Å². The van der Waals surface area contributed by atoms with E-state index in [0.29, 0.717) is 0 Å².